The maximum Gasteiger partial charge on any atom is 0.255 e. The van der Waals surface area contributed by atoms with Crippen molar-refractivity contribution in [3.05, 3.63) is 65.4 Å². The average Bonchev–Trinajstić information content (AvgIpc) is 3.55. The Kier molecular flexibility index (Phi) is 7.66. The van der Waals surface area contributed by atoms with E-state index < -0.39 is 11.7 Å². The molecular formula is C24H27F2N7O2. The van der Waals surface area contributed by atoms with Gasteiger partial charge in [-0.05, 0) is 49.1 Å². The van der Waals surface area contributed by atoms with Gasteiger partial charge in [0, 0.05) is 31.9 Å². The lowest BCUT2D eigenvalue weighted by molar-refractivity contribution is -0.130. The summed E-state index contributed by atoms with van der Waals surface area (Å²) in [6.07, 6.45) is 3.52. The number of carbonyl (C=O) groups excluding carboxylic acids is 2. The average molecular weight is 484 g/mol. The molecule has 5 N–H and O–H groups in total. The molecule has 1 aromatic carbocycles. The number of nitrogens with zero attached hydrogens (tertiary/aromatic N) is 3. The summed E-state index contributed by atoms with van der Waals surface area (Å²) in [6, 6.07) is 8.75. The van der Waals surface area contributed by atoms with Crippen molar-refractivity contribution < 1.29 is 18.4 Å². The molecule has 0 aliphatic carbocycles. The minimum absolute atomic E-state index is 0.0165. The van der Waals surface area contributed by atoms with Crippen molar-refractivity contribution in [1.82, 2.24) is 25.4 Å². The van der Waals surface area contributed by atoms with Crippen LogP contribution < -0.4 is 16.4 Å². The molecular weight excluding hydrogens is 456 g/mol. The zero-order chi connectivity index (χ0) is 24.8. The van der Waals surface area contributed by atoms with Crippen LogP contribution in [-0.2, 0) is 11.2 Å². The standard InChI is InChI=1S/C24H27F2N7O2/c25-16-4-1-3-15(11-16)6-8-28-23-18(12-19(26)22(31-23)20-7-9-30-32-20)24(35)29-14-17-5-2-10-33(17)21(34)13-27/h1,3-4,7,9,11-12,17H,2,5-6,8,10,13-14,27H2,(H,28,31)(H,29,35)(H,30,32)/t17-/m1/s1. The Hall–Kier alpha value is -3.86. The highest BCUT2D eigenvalue weighted by atomic mass is 19.1. The molecule has 0 spiro atoms. The van der Waals surface area contributed by atoms with Gasteiger partial charge in [-0.15, -0.1) is 0 Å². The molecule has 4 rings (SSSR count). The zero-order valence-corrected chi connectivity index (χ0v) is 19.1. The third kappa shape index (κ3) is 5.80. The van der Waals surface area contributed by atoms with Crippen LogP contribution in [0.5, 0.6) is 0 Å². The molecule has 11 heteroatoms. The molecule has 3 aromatic rings. The molecule has 1 aliphatic heterocycles. The number of benzene rings is 1. The summed E-state index contributed by atoms with van der Waals surface area (Å²) in [6.45, 7) is 1.07. The maximum atomic E-state index is 14.9. The Morgan fingerprint density at radius 3 is 2.83 bits per heavy atom. The minimum atomic E-state index is -0.684. The van der Waals surface area contributed by atoms with Crippen LogP contribution in [0.15, 0.2) is 42.6 Å². The Bertz CT molecular complexity index is 1190. The molecule has 9 nitrogen and oxygen atoms in total. The van der Waals surface area contributed by atoms with Gasteiger partial charge in [-0.1, -0.05) is 12.1 Å². The van der Waals surface area contributed by atoms with Crippen LogP contribution >= 0.6 is 0 Å². The smallest absolute Gasteiger partial charge is 0.255 e. The Morgan fingerprint density at radius 1 is 1.23 bits per heavy atom. The van der Waals surface area contributed by atoms with Gasteiger partial charge in [-0.2, -0.15) is 5.10 Å². The maximum absolute atomic E-state index is 14.9. The first-order valence-corrected chi connectivity index (χ1v) is 11.4. The second-order valence-electron chi connectivity index (χ2n) is 8.29. The van der Waals surface area contributed by atoms with Crippen molar-refractivity contribution in [2.45, 2.75) is 25.3 Å². The second kappa shape index (κ2) is 11.0. The molecule has 1 atom stereocenters. The lowest BCUT2D eigenvalue weighted by Gasteiger charge is -2.24. The third-order valence-electron chi connectivity index (χ3n) is 5.94. The van der Waals surface area contributed by atoms with Crippen molar-refractivity contribution in [1.29, 1.82) is 0 Å². The molecule has 0 radical (unpaired) electrons. The number of hydrogen-bond acceptors (Lipinski definition) is 6. The van der Waals surface area contributed by atoms with Gasteiger partial charge < -0.3 is 21.3 Å². The molecule has 2 amide bonds. The van der Waals surface area contributed by atoms with E-state index in [-0.39, 0.29) is 47.9 Å². The predicted octanol–water partition coefficient (Wildman–Crippen LogP) is 2.08. The van der Waals surface area contributed by atoms with Crippen LogP contribution in [-0.4, -0.2) is 64.1 Å². The van der Waals surface area contributed by atoms with E-state index >= 15 is 0 Å². The molecule has 2 aromatic heterocycles. The number of pyridine rings is 1. The summed E-state index contributed by atoms with van der Waals surface area (Å²) >= 11 is 0. The van der Waals surface area contributed by atoms with E-state index in [1.807, 2.05) is 0 Å². The summed E-state index contributed by atoms with van der Waals surface area (Å²) in [5.41, 5.74) is 6.66. The van der Waals surface area contributed by atoms with E-state index in [9.17, 15) is 18.4 Å². The van der Waals surface area contributed by atoms with Crippen LogP contribution in [0.25, 0.3) is 11.4 Å². The summed E-state index contributed by atoms with van der Waals surface area (Å²) in [5, 5.41) is 12.4. The van der Waals surface area contributed by atoms with E-state index in [1.165, 1.54) is 18.3 Å². The summed E-state index contributed by atoms with van der Waals surface area (Å²) in [5.74, 6) is -1.52. The lowest BCUT2D eigenvalue weighted by Crippen LogP contribution is -2.45. The number of aromatic nitrogens is 3. The first-order valence-electron chi connectivity index (χ1n) is 11.4. The lowest BCUT2D eigenvalue weighted by atomic mass is 10.1. The first kappa shape index (κ1) is 24.3. The van der Waals surface area contributed by atoms with Crippen molar-refractivity contribution in [3.63, 3.8) is 0 Å². The molecule has 184 valence electrons. The first-order chi connectivity index (χ1) is 17.0. The predicted molar refractivity (Wildman–Crippen MR) is 126 cm³/mol. The van der Waals surface area contributed by atoms with Crippen molar-refractivity contribution in [2.75, 3.05) is 31.5 Å². The number of carbonyl (C=O) groups is 2. The number of H-pyrrole nitrogens is 1. The summed E-state index contributed by atoms with van der Waals surface area (Å²) < 4.78 is 28.4. The number of nitrogens with one attached hydrogen (secondary N) is 3. The van der Waals surface area contributed by atoms with Gasteiger partial charge in [-0.3, -0.25) is 14.7 Å². The van der Waals surface area contributed by atoms with Crippen LogP contribution in [0.3, 0.4) is 0 Å². The largest absolute Gasteiger partial charge is 0.369 e. The number of rotatable bonds is 9. The van der Waals surface area contributed by atoms with Crippen LogP contribution in [0, 0.1) is 11.6 Å². The van der Waals surface area contributed by atoms with Gasteiger partial charge in [0.2, 0.25) is 5.91 Å². The Labute approximate surface area is 201 Å². The summed E-state index contributed by atoms with van der Waals surface area (Å²) in [7, 11) is 0. The molecule has 1 aliphatic rings. The van der Waals surface area contributed by atoms with Crippen LogP contribution in [0.1, 0.15) is 28.8 Å². The van der Waals surface area contributed by atoms with Crippen molar-refractivity contribution in [2.24, 2.45) is 5.73 Å². The topological polar surface area (TPSA) is 129 Å². The molecule has 0 unspecified atom stereocenters. The third-order valence-corrected chi connectivity index (χ3v) is 5.94. The molecule has 3 heterocycles. The number of anilines is 1. The van der Waals surface area contributed by atoms with E-state index in [1.54, 1.807) is 23.1 Å². The van der Waals surface area contributed by atoms with Gasteiger partial charge >= 0.3 is 0 Å². The van der Waals surface area contributed by atoms with Gasteiger partial charge in [0.25, 0.3) is 5.91 Å². The van der Waals surface area contributed by atoms with Gasteiger partial charge in [-0.25, -0.2) is 13.8 Å². The number of nitrogens with two attached hydrogens (primary N) is 1. The fraction of sp³-hybridized carbons (Fsp3) is 0.333. The fourth-order valence-electron chi connectivity index (χ4n) is 4.19. The molecule has 0 bridgehead atoms. The normalized spacial score (nSPS) is 15.3. The zero-order valence-electron chi connectivity index (χ0n) is 19.1. The van der Waals surface area contributed by atoms with Crippen molar-refractivity contribution in [3.8, 4) is 11.4 Å². The number of aromatic amines is 1. The van der Waals surface area contributed by atoms with Gasteiger partial charge in [0.15, 0.2) is 5.82 Å². The SMILES string of the molecule is NCC(=O)N1CCC[C@@H]1CNC(=O)c1cc(F)c(-c2ccn[nH]2)nc1NCCc1cccc(F)c1. The molecule has 1 saturated heterocycles. The quantitative estimate of drug-likeness (QED) is 0.369. The number of halogens is 2. The number of hydrogen-bond donors (Lipinski definition) is 4. The highest BCUT2D eigenvalue weighted by Crippen LogP contribution is 2.24. The minimum Gasteiger partial charge on any atom is -0.369 e. The van der Waals surface area contributed by atoms with Crippen LogP contribution in [0.2, 0.25) is 0 Å². The van der Waals surface area contributed by atoms with Crippen molar-refractivity contribution >= 4 is 17.6 Å². The van der Waals surface area contributed by atoms with E-state index in [4.69, 9.17) is 5.73 Å². The second-order valence-corrected chi connectivity index (χ2v) is 8.29. The van der Waals surface area contributed by atoms with E-state index in [2.05, 4.69) is 25.8 Å². The van der Waals surface area contributed by atoms with E-state index in [0.717, 1.165) is 24.5 Å². The monoisotopic (exact) mass is 483 g/mol. The molecule has 1 fully saturated rings. The molecule has 0 saturated carbocycles. The summed E-state index contributed by atoms with van der Waals surface area (Å²) in [4.78, 5) is 31.1. The Balaban J connectivity index is 1.52. The Morgan fingerprint density at radius 2 is 2.09 bits per heavy atom. The van der Waals surface area contributed by atoms with E-state index in [0.29, 0.717) is 25.2 Å². The van der Waals surface area contributed by atoms with Crippen LogP contribution in [0.4, 0.5) is 14.6 Å². The van der Waals surface area contributed by atoms with Gasteiger partial charge in [0.1, 0.15) is 17.3 Å². The highest BCUT2D eigenvalue weighted by molar-refractivity contribution is 5.99. The number of likely N-dealkylation sites (tertiary alicyclic amines) is 1. The molecule has 35 heavy (non-hydrogen) atoms. The highest BCUT2D eigenvalue weighted by Gasteiger charge is 2.28. The fourth-order valence-corrected chi connectivity index (χ4v) is 4.19. The van der Waals surface area contributed by atoms with Gasteiger partial charge in [0.05, 0.1) is 17.8 Å². The number of amides is 2.